The summed E-state index contributed by atoms with van der Waals surface area (Å²) >= 11 is 0. The maximum Gasteiger partial charge on any atom is 0.247 e. The lowest BCUT2D eigenvalue weighted by molar-refractivity contribution is -0.126. The van der Waals surface area contributed by atoms with E-state index in [4.69, 9.17) is 9.78 Å². The number of rotatable bonds is 2. The van der Waals surface area contributed by atoms with E-state index < -0.39 is 5.41 Å². The lowest BCUT2D eigenvalue weighted by atomic mass is 9.69. The molecule has 5 nitrogen and oxygen atoms in total. The molecule has 2 rings (SSSR count). The number of aryl methyl sites for hydroxylation is 1. The van der Waals surface area contributed by atoms with E-state index in [0.717, 1.165) is 6.42 Å². The average Bonchev–Trinajstić information content (AvgIpc) is 2.50. The van der Waals surface area contributed by atoms with Crippen molar-refractivity contribution >= 4 is 11.8 Å². The number of carbonyl (C=O) groups excluding carboxylic acids is 1. The molecule has 1 heterocycles. The fraction of sp³-hybridized carbons (Fsp3) is 0.500. The van der Waals surface area contributed by atoms with Crippen molar-refractivity contribution in [1.29, 1.82) is 5.26 Å². The Labute approximate surface area is 87.0 Å². The van der Waals surface area contributed by atoms with E-state index in [0.29, 0.717) is 24.4 Å². The Balaban J connectivity index is 2.07. The number of nitriles is 1. The zero-order valence-electron chi connectivity index (χ0n) is 8.41. The molecule has 1 saturated carbocycles. The first-order valence-electron chi connectivity index (χ1n) is 4.82. The van der Waals surface area contributed by atoms with Crippen LogP contribution in [-0.2, 0) is 4.79 Å². The Morgan fingerprint density at radius 2 is 2.47 bits per heavy atom. The number of aromatic nitrogens is 1. The van der Waals surface area contributed by atoms with Gasteiger partial charge in [0.1, 0.15) is 5.41 Å². The van der Waals surface area contributed by atoms with Crippen molar-refractivity contribution in [3.8, 4) is 6.07 Å². The number of anilines is 1. The molecular weight excluding hydrogens is 194 g/mol. The number of nitrogens with zero attached hydrogens (tertiary/aromatic N) is 2. The molecule has 1 fully saturated rings. The van der Waals surface area contributed by atoms with Crippen molar-refractivity contribution in [3.63, 3.8) is 0 Å². The Kier molecular flexibility index (Phi) is 2.19. The molecule has 1 aliphatic carbocycles. The van der Waals surface area contributed by atoms with Crippen LogP contribution in [0.5, 0.6) is 0 Å². The lowest BCUT2D eigenvalue weighted by Crippen LogP contribution is -2.40. The first-order valence-corrected chi connectivity index (χ1v) is 4.82. The van der Waals surface area contributed by atoms with Crippen LogP contribution in [0.15, 0.2) is 10.6 Å². The summed E-state index contributed by atoms with van der Waals surface area (Å²) in [7, 11) is 0. The van der Waals surface area contributed by atoms with Crippen LogP contribution in [0.1, 0.15) is 25.0 Å². The molecule has 1 amide bonds. The summed E-state index contributed by atoms with van der Waals surface area (Å²) in [5, 5.41) is 15.1. The van der Waals surface area contributed by atoms with Crippen LogP contribution >= 0.6 is 0 Å². The highest BCUT2D eigenvalue weighted by Gasteiger charge is 2.44. The molecule has 1 aromatic heterocycles. The summed E-state index contributed by atoms with van der Waals surface area (Å²) < 4.78 is 4.85. The minimum atomic E-state index is -0.847. The van der Waals surface area contributed by atoms with E-state index >= 15 is 0 Å². The van der Waals surface area contributed by atoms with Crippen molar-refractivity contribution in [2.45, 2.75) is 26.2 Å². The van der Waals surface area contributed by atoms with Crippen molar-refractivity contribution < 1.29 is 9.32 Å². The summed E-state index contributed by atoms with van der Waals surface area (Å²) in [6, 6.07) is 3.69. The normalized spacial score (nSPS) is 17.6. The number of hydrogen-bond acceptors (Lipinski definition) is 4. The molecule has 0 atom stereocenters. The highest BCUT2D eigenvalue weighted by molar-refractivity contribution is 5.96. The predicted molar refractivity (Wildman–Crippen MR) is 51.8 cm³/mol. The summed E-state index contributed by atoms with van der Waals surface area (Å²) in [6.07, 6.45) is 2.18. The van der Waals surface area contributed by atoms with Gasteiger partial charge in [0.15, 0.2) is 0 Å². The zero-order valence-corrected chi connectivity index (χ0v) is 8.41. The molecule has 15 heavy (non-hydrogen) atoms. The Hall–Kier alpha value is -1.83. The van der Waals surface area contributed by atoms with Crippen LogP contribution in [0, 0.1) is 23.7 Å². The Bertz CT molecular complexity index is 426. The predicted octanol–water partition coefficient (Wildman–Crippen LogP) is 1.62. The van der Waals surface area contributed by atoms with E-state index in [2.05, 4.69) is 16.5 Å². The molecule has 0 bridgehead atoms. The summed E-state index contributed by atoms with van der Waals surface area (Å²) in [5.74, 6) is 0.0198. The van der Waals surface area contributed by atoms with Gasteiger partial charge in [-0.2, -0.15) is 5.26 Å². The molecule has 0 aromatic carbocycles. The summed E-state index contributed by atoms with van der Waals surface area (Å²) in [6.45, 7) is 1.77. The largest absolute Gasteiger partial charge is 0.338 e. The second kappa shape index (κ2) is 3.39. The number of amides is 1. The first kappa shape index (κ1) is 9.71. The van der Waals surface area contributed by atoms with Crippen molar-refractivity contribution in [3.05, 3.63) is 11.8 Å². The third-order valence-electron chi connectivity index (χ3n) is 2.72. The van der Waals surface area contributed by atoms with Gasteiger partial charge in [-0.3, -0.25) is 10.1 Å². The van der Waals surface area contributed by atoms with E-state index in [1.54, 1.807) is 13.0 Å². The van der Waals surface area contributed by atoms with E-state index in [1.807, 2.05) is 0 Å². The second-order valence-electron chi connectivity index (χ2n) is 3.83. The summed E-state index contributed by atoms with van der Waals surface area (Å²) in [4.78, 5) is 11.7. The topological polar surface area (TPSA) is 78.9 Å². The minimum absolute atomic E-state index is 0.285. The maximum atomic E-state index is 11.7. The van der Waals surface area contributed by atoms with Crippen molar-refractivity contribution in [2.75, 3.05) is 5.32 Å². The van der Waals surface area contributed by atoms with Gasteiger partial charge in [0, 0.05) is 6.07 Å². The van der Waals surface area contributed by atoms with Crippen LogP contribution in [0.3, 0.4) is 0 Å². The van der Waals surface area contributed by atoms with Gasteiger partial charge >= 0.3 is 0 Å². The lowest BCUT2D eigenvalue weighted by Gasteiger charge is -2.32. The molecule has 0 aliphatic heterocycles. The molecule has 1 N–H and O–H groups in total. The highest BCUT2D eigenvalue weighted by Crippen LogP contribution is 2.41. The zero-order chi connectivity index (χ0) is 10.9. The van der Waals surface area contributed by atoms with Crippen molar-refractivity contribution in [2.24, 2.45) is 5.41 Å². The van der Waals surface area contributed by atoms with Gasteiger partial charge < -0.3 is 4.52 Å². The first-order chi connectivity index (χ1) is 7.16. The Morgan fingerprint density at radius 3 is 2.87 bits per heavy atom. The third-order valence-corrected chi connectivity index (χ3v) is 2.72. The third kappa shape index (κ3) is 1.59. The fourth-order valence-electron chi connectivity index (χ4n) is 1.57. The van der Waals surface area contributed by atoms with Gasteiger partial charge in [0.2, 0.25) is 11.8 Å². The molecule has 0 radical (unpaired) electrons. The number of nitrogens with one attached hydrogen (secondary N) is 1. The van der Waals surface area contributed by atoms with Crippen LogP contribution in [0.2, 0.25) is 0 Å². The number of carbonyl (C=O) groups is 1. The van der Waals surface area contributed by atoms with Gasteiger partial charge in [0.05, 0.1) is 11.8 Å². The van der Waals surface area contributed by atoms with Gasteiger partial charge in [-0.25, -0.2) is 0 Å². The SMILES string of the molecule is Cc1cc(NC(=O)C2(C#N)CCC2)on1. The monoisotopic (exact) mass is 205 g/mol. The van der Waals surface area contributed by atoms with Gasteiger partial charge in [-0.15, -0.1) is 0 Å². The van der Waals surface area contributed by atoms with E-state index in [9.17, 15) is 4.79 Å². The minimum Gasteiger partial charge on any atom is -0.338 e. The molecule has 78 valence electrons. The molecule has 1 aliphatic rings. The second-order valence-corrected chi connectivity index (χ2v) is 3.83. The van der Waals surface area contributed by atoms with Gasteiger partial charge in [-0.1, -0.05) is 5.16 Å². The molecule has 0 saturated heterocycles. The van der Waals surface area contributed by atoms with Crippen molar-refractivity contribution in [1.82, 2.24) is 5.16 Å². The standard InChI is InChI=1S/C10H11N3O2/c1-7-5-8(15-13-7)12-9(14)10(6-11)3-2-4-10/h5H,2-4H2,1H3,(H,12,14). The maximum absolute atomic E-state index is 11.7. The molecule has 0 unspecified atom stereocenters. The molecule has 0 spiro atoms. The Morgan fingerprint density at radius 1 is 1.73 bits per heavy atom. The van der Waals surface area contributed by atoms with E-state index in [1.165, 1.54) is 0 Å². The molecule has 5 heteroatoms. The van der Waals surface area contributed by atoms with E-state index in [-0.39, 0.29) is 5.91 Å². The highest BCUT2D eigenvalue weighted by atomic mass is 16.5. The van der Waals surface area contributed by atoms with Gasteiger partial charge in [-0.05, 0) is 26.2 Å². The fourth-order valence-corrected chi connectivity index (χ4v) is 1.57. The smallest absolute Gasteiger partial charge is 0.247 e. The van der Waals surface area contributed by atoms with Crippen LogP contribution in [-0.4, -0.2) is 11.1 Å². The summed E-state index contributed by atoms with van der Waals surface area (Å²) in [5.41, 5.74) is -0.148. The quantitative estimate of drug-likeness (QED) is 0.795. The van der Waals surface area contributed by atoms with Crippen LogP contribution in [0.4, 0.5) is 5.88 Å². The number of hydrogen-bond donors (Lipinski definition) is 1. The average molecular weight is 205 g/mol. The molecular formula is C10H11N3O2. The van der Waals surface area contributed by atoms with Gasteiger partial charge in [0.25, 0.3) is 0 Å². The van der Waals surface area contributed by atoms with Crippen LogP contribution < -0.4 is 5.32 Å². The van der Waals surface area contributed by atoms with Crippen LogP contribution in [0.25, 0.3) is 0 Å². The molecule has 1 aromatic rings.